The maximum Gasteiger partial charge on any atom is 0.0663 e. The molecule has 3 nitrogen and oxygen atoms in total. The van der Waals surface area contributed by atoms with E-state index in [0.717, 1.165) is 30.1 Å². The molecule has 0 saturated carbocycles. The van der Waals surface area contributed by atoms with Crippen LogP contribution < -0.4 is 5.32 Å². The number of nitrogens with one attached hydrogen (secondary N) is 1. The zero-order chi connectivity index (χ0) is 13.9. The molecule has 0 aliphatic heterocycles. The second kappa shape index (κ2) is 5.98. The number of benzene rings is 1. The van der Waals surface area contributed by atoms with Gasteiger partial charge in [0.15, 0.2) is 0 Å². The number of fused-ring (bicyclic) bond motifs is 1. The number of aromatic nitrogens is 2. The Morgan fingerprint density at radius 3 is 3.15 bits per heavy atom. The van der Waals surface area contributed by atoms with Crippen molar-refractivity contribution in [3.63, 3.8) is 0 Å². The van der Waals surface area contributed by atoms with E-state index in [4.69, 9.17) is 11.6 Å². The van der Waals surface area contributed by atoms with E-state index in [2.05, 4.69) is 23.4 Å². The fourth-order valence-electron chi connectivity index (χ4n) is 2.92. The third-order valence-corrected chi connectivity index (χ3v) is 4.11. The van der Waals surface area contributed by atoms with Crippen molar-refractivity contribution in [1.29, 1.82) is 0 Å². The molecule has 1 atom stereocenters. The summed E-state index contributed by atoms with van der Waals surface area (Å²) in [7, 11) is 0. The number of nitrogens with zero attached hydrogens (tertiary/aromatic N) is 2. The van der Waals surface area contributed by atoms with Crippen molar-refractivity contribution in [3.05, 3.63) is 46.7 Å². The second-order valence-corrected chi connectivity index (χ2v) is 5.77. The van der Waals surface area contributed by atoms with Crippen LogP contribution in [-0.4, -0.2) is 16.3 Å². The van der Waals surface area contributed by atoms with E-state index in [0.29, 0.717) is 6.04 Å². The Morgan fingerprint density at radius 2 is 2.35 bits per heavy atom. The molecule has 20 heavy (non-hydrogen) atoms. The highest BCUT2D eigenvalue weighted by Gasteiger charge is 2.24. The van der Waals surface area contributed by atoms with Crippen LogP contribution in [0.15, 0.2) is 30.5 Å². The first-order valence-corrected chi connectivity index (χ1v) is 7.73. The molecule has 1 aliphatic carbocycles. The van der Waals surface area contributed by atoms with Gasteiger partial charge in [0.05, 0.1) is 11.9 Å². The lowest BCUT2D eigenvalue weighted by Gasteiger charge is -2.24. The van der Waals surface area contributed by atoms with E-state index in [1.165, 1.54) is 24.1 Å². The molecule has 4 heteroatoms. The summed E-state index contributed by atoms with van der Waals surface area (Å²) >= 11 is 6.09. The van der Waals surface area contributed by atoms with Gasteiger partial charge in [-0.2, -0.15) is 5.10 Å². The Morgan fingerprint density at radius 1 is 1.45 bits per heavy atom. The normalized spacial score (nSPS) is 18.0. The molecule has 106 valence electrons. The quantitative estimate of drug-likeness (QED) is 0.925. The minimum absolute atomic E-state index is 0.451. The zero-order valence-corrected chi connectivity index (χ0v) is 12.5. The van der Waals surface area contributed by atoms with Crippen LogP contribution in [0.4, 0.5) is 0 Å². The molecule has 1 N–H and O–H groups in total. The van der Waals surface area contributed by atoms with Gasteiger partial charge in [-0.05, 0) is 50.4 Å². The molecule has 1 aliphatic rings. The van der Waals surface area contributed by atoms with Gasteiger partial charge in [0.1, 0.15) is 0 Å². The lowest BCUT2D eigenvalue weighted by Crippen LogP contribution is -2.25. The Labute approximate surface area is 124 Å². The molecular weight excluding hydrogens is 270 g/mol. The monoisotopic (exact) mass is 289 g/mol. The Bertz CT molecular complexity index is 591. The predicted molar refractivity (Wildman–Crippen MR) is 82.5 cm³/mol. The zero-order valence-electron chi connectivity index (χ0n) is 11.8. The summed E-state index contributed by atoms with van der Waals surface area (Å²) < 4.78 is 2.04. The molecule has 0 radical (unpaired) electrons. The number of hydrogen-bond donors (Lipinski definition) is 1. The molecule has 0 amide bonds. The summed E-state index contributed by atoms with van der Waals surface area (Å²) in [5, 5.41) is 8.96. The first-order chi connectivity index (χ1) is 9.79. The molecule has 1 aromatic heterocycles. The Hall–Kier alpha value is -1.32. The highest BCUT2D eigenvalue weighted by molar-refractivity contribution is 6.30. The molecule has 2 aromatic rings. The first kappa shape index (κ1) is 13.7. The summed E-state index contributed by atoms with van der Waals surface area (Å²) in [5.74, 6) is 0. The molecule has 0 saturated heterocycles. The van der Waals surface area contributed by atoms with E-state index in [-0.39, 0.29) is 0 Å². The standard InChI is InChI=1S/C16H20ClN3/c1-2-9-18-15-7-4-8-16-14(15)11-19-20(16)13-6-3-5-12(17)10-13/h3,5-6,10-11,15,18H,2,4,7-9H2,1H3. The van der Waals surface area contributed by atoms with Gasteiger partial charge in [-0.25, -0.2) is 4.68 Å². The summed E-state index contributed by atoms with van der Waals surface area (Å²) in [5.41, 5.74) is 3.73. The van der Waals surface area contributed by atoms with Gasteiger partial charge in [-0.3, -0.25) is 0 Å². The molecule has 1 heterocycles. The molecule has 1 aromatic carbocycles. The van der Waals surface area contributed by atoms with Gasteiger partial charge in [0.25, 0.3) is 0 Å². The fraction of sp³-hybridized carbons (Fsp3) is 0.438. The summed E-state index contributed by atoms with van der Waals surface area (Å²) in [6.45, 7) is 3.26. The number of rotatable bonds is 4. The largest absolute Gasteiger partial charge is 0.310 e. The van der Waals surface area contributed by atoms with Crippen molar-refractivity contribution in [3.8, 4) is 5.69 Å². The van der Waals surface area contributed by atoms with Crippen molar-refractivity contribution in [1.82, 2.24) is 15.1 Å². The van der Waals surface area contributed by atoms with Crippen molar-refractivity contribution in [2.24, 2.45) is 0 Å². The van der Waals surface area contributed by atoms with Crippen molar-refractivity contribution in [2.45, 2.75) is 38.6 Å². The van der Waals surface area contributed by atoms with Crippen molar-refractivity contribution < 1.29 is 0 Å². The van der Waals surface area contributed by atoms with Gasteiger partial charge in [0.2, 0.25) is 0 Å². The van der Waals surface area contributed by atoms with Crippen LogP contribution in [0, 0.1) is 0 Å². The number of hydrogen-bond acceptors (Lipinski definition) is 2. The summed E-state index contributed by atoms with van der Waals surface area (Å²) in [4.78, 5) is 0. The molecule has 0 bridgehead atoms. The second-order valence-electron chi connectivity index (χ2n) is 5.34. The van der Waals surface area contributed by atoms with Gasteiger partial charge in [-0.15, -0.1) is 0 Å². The maximum atomic E-state index is 6.09. The van der Waals surface area contributed by atoms with Crippen LogP contribution in [0.5, 0.6) is 0 Å². The van der Waals surface area contributed by atoms with Crippen LogP contribution in [0.2, 0.25) is 5.02 Å². The van der Waals surface area contributed by atoms with Crippen LogP contribution in [-0.2, 0) is 6.42 Å². The molecule has 3 rings (SSSR count). The van der Waals surface area contributed by atoms with Gasteiger partial charge in [0, 0.05) is 22.3 Å². The highest BCUT2D eigenvalue weighted by Crippen LogP contribution is 2.31. The van der Waals surface area contributed by atoms with Crippen molar-refractivity contribution in [2.75, 3.05) is 6.54 Å². The third-order valence-electron chi connectivity index (χ3n) is 3.88. The van der Waals surface area contributed by atoms with Crippen LogP contribution in [0.1, 0.15) is 43.5 Å². The van der Waals surface area contributed by atoms with E-state index < -0.39 is 0 Å². The van der Waals surface area contributed by atoms with Crippen LogP contribution >= 0.6 is 11.6 Å². The third kappa shape index (κ3) is 2.60. The maximum absolute atomic E-state index is 6.09. The summed E-state index contributed by atoms with van der Waals surface area (Å²) in [6.07, 6.45) is 6.68. The van der Waals surface area contributed by atoms with Crippen molar-refractivity contribution >= 4 is 11.6 Å². The van der Waals surface area contributed by atoms with E-state index in [1.807, 2.05) is 29.1 Å². The van der Waals surface area contributed by atoms with E-state index in [1.54, 1.807) is 0 Å². The van der Waals surface area contributed by atoms with Crippen LogP contribution in [0.25, 0.3) is 5.69 Å². The first-order valence-electron chi connectivity index (χ1n) is 7.35. The number of halogens is 1. The average Bonchev–Trinajstić information content (AvgIpc) is 2.89. The Balaban J connectivity index is 1.94. The molecule has 1 unspecified atom stereocenters. The SMILES string of the molecule is CCCNC1CCCc2c1cnn2-c1cccc(Cl)c1. The van der Waals surface area contributed by atoms with Gasteiger partial charge >= 0.3 is 0 Å². The lowest BCUT2D eigenvalue weighted by atomic mass is 9.93. The summed E-state index contributed by atoms with van der Waals surface area (Å²) in [6, 6.07) is 8.35. The molecular formula is C16H20ClN3. The topological polar surface area (TPSA) is 29.9 Å². The molecule has 0 fully saturated rings. The lowest BCUT2D eigenvalue weighted by molar-refractivity contribution is 0.456. The highest BCUT2D eigenvalue weighted by atomic mass is 35.5. The smallest absolute Gasteiger partial charge is 0.0663 e. The fourth-order valence-corrected chi connectivity index (χ4v) is 3.10. The average molecular weight is 290 g/mol. The van der Waals surface area contributed by atoms with E-state index in [9.17, 15) is 0 Å². The predicted octanol–water partition coefficient (Wildman–Crippen LogP) is 3.90. The molecule has 0 spiro atoms. The minimum Gasteiger partial charge on any atom is -0.310 e. The van der Waals surface area contributed by atoms with E-state index >= 15 is 0 Å². The minimum atomic E-state index is 0.451. The van der Waals surface area contributed by atoms with Gasteiger partial charge in [-0.1, -0.05) is 24.6 Å². The Kier molecular flexibility index (Phi) is 4.08. The van der Waals surface area contributed by atoms with Gasteiger partial charge < -0.3 is 5.32 Å². The van der Waals surface area contributed by atoms with Crippen LogP contribution in [0.3, 0.4) is 0 Å².